The van der Waals surface area contributed by atoms with Gasteiger partial charge in [0.1, 0.15) is 5.75 Å². The molecule has 1 aliphatic heterocycles. The van der Waals surface area contributed by atoms with E-state index in [1.54, 1.807) is 6.07 Å². The lowest BCUT2D eigenvalue weighted by molar-refractivity contribution is 0.160. The molecule has 1 saturated heterocycles. The van der Waals surface area contributed by atoms with Crippen LogP contribution in [0.1, 0.15) is 30.9 Å². The molecule has 114 valence electrons. The maximum atomic E-state index is 9.68. The van der Waals surface area contributed by atoms with Crippen molar-refractivity contribution >= 4 is 24.8 Å². The zero-order chi connectivity index (χ0) is 12.4. The SMILES string of the molecule is Cl.Cl.Oc1cccc([C@@H](CC2CC2)N2CCNCC2)c1. The molecule has 0 aromatic heterocycles. The van der Waals surface area contributed by atoms with E-state index in [1.807, 2.05) is 12.1 Å². The summed E-state index contributed by atoms with van der Waals surface area (Å²) in [5.41, 5.74) is 1.28. The molecule has 1 saturated carbocycles. The monoisotopic (exact) mass is 318 g/mol. The van der Waals surface area contributed by atoms with Gasteiger partial charge in [-0.3, -0.25) is 4.90 Å². The number of phenols is 1. The van der Waals surface area contributed by atoms with Gasteiger partial charge in [0.05, 0.1) is 0 Å². The van der Waals surface area contributed by atoms with Gasteiger partial charge in [0.25, 0.3) is 0 Å². The predicted octanol–water partition coefficient (Wildman–Crippen LogP) is 2.98. The number of aromatic hydroxyl groups is 1. The van der Waals surface area contributed by atoms with Gasteiger partial charge in [-0.15, -0.1) is 24.8 Å². The number of benzene rings is 1. The Labute approximate surface area is 133 Å². The third-order valence-corrected chi connectivity index (χ3v) is 4.10. The van der Waals surface area contributed by atoms with E-state index in [1.165, 1.54) is 24.8 Å². The molecule has 1 atom stereocenters. The zero-order valence-electron chi connectivity index (χ0n) is 11.6. The fourth-order valence-corrected chi connectivity index (χ4v) is 2.89. The molecule has 1 aromatic rings. The van der Waals surface area contributed by atoms with Crippen LogP contribution in [0.2, 0.25) is 0 Å². The molecule has 1 heterocycles. The summed E-state index contributed by atoms with van der Waals surface area (Å²) in [4.78, 5) is 2.57. The minimum atomic E-state index is 0. The van der Waals surface area contributed by atoms with Crippen LogP contribution < -0.4 is 5.32 Å². The molecule has 2 aliphatic rings. The highest BCUT2D eigenvalue weighted by Gasteiger charge is 2.30. The lowest BCUT2D eigenvalue weighted by Gasteiger charge is -2.35. The Balaban J connectivity index is 0.000001000. The Morgan fingerprint density at radius 1 is 1.20 bits per heavy atom. The minimum absolute atomic E-state index is 0. The Bertz CT molecular complexity index is 407. The number of nitrogens with one attached hydrogen (secondary N) is 1. The van der Waals surface area contributed by atoms with Crippen molar-refractivity contribution < 1.29 is 5.11 Å². The largest absolute Gasteiger partial charge is 0.508 e. The van der Waals surface area contributed by atoms with Crippen molar-refractivity contribution in [2.75, 3.05) is 26.2 Å². The second-order valence-corrected chi connectivity index (χ2v) is 5.58. The number of nitrogens with zero attached hydrogens (tertiary/aromatic N) is 1. The highest BCUT2D eigenvalue weighted by molar-refractivity contribution is 5.85. The van der Waals surface area contributed by atoms with Gasteiger partial charge >= 0.3 is 0 Å². The maximum Gasteiger partial charge on any atom is 0.115 e. The Hall–Kier alpha value is -0.480. The van der Waals surface area contributed by atoms with Crippen LogP contribution >= 0.6 is 24.8 Å². The van der Waals surface area contributed by atoms with E-state index in [0.717, 1.165) is 32.1 Å². The molecule has 2 fully saturated rings. The fraction of sp³-hybridized carbons (Fsp3) is 0.600. The van der Waals surface area contributed by atoms with Crippen molar-refractivity contribution in [2.45, 2.75) is 25.3 Å². The molecule has 5 heteroatoms. The molecule has 0 spiro atoms. The van der Waals surface area contributed by atoms with Crippen LogP contribution in [0.3, 0.4) is 0 Å². The summed E-state index contributed by atoms with van der Waals surface area (Å²) < 4.78 is 0. The van der Waals surface area contributed by atoms with E-state index in [9.17, 15) is 5.11 Å². The van der Waals surface area contributed by atoms with Crippen LogP contribution in [-0.2, 0) is 0 Å². The van der Waals surface area contributed by atoms with Gasteiger partial charge in [-0.05, 0) is 30.0 Å². The number of piperazine rings is 1. The van der Waals surface area contributed by atoms with Gasteiger partial charge in [-0.1, -0.05) is 25.0 Å². The number of hydrogen-bond donors (Lipinski definition) is 2. The van der Waals surface area contributed by atoms with E-state index in [4.69, 9.17) is 0 Å². The van der Waals surface area contributed by atoms with Crippen molar-refractivity contribution in [3.05, 3.63) is 29.8 Å². The highest BCUT2D eigenvalue weighted by atomic mass is 35.5. The van der Waals surface area contributed by atoms with Gasteiger partial charge in [0.15, 0.2) is 0 Å². The van der Waals surface area contributed by atoms with Gasteiger partial charge in [-0.25, -0.2) is 0 Å². The Morgan fingerprint density at radius 3 is 2.50 bits per heavy atom. The van der Waals surface area contributed by atoms with Gasteiger partial charge in [0, 0.05) is 32.2 Å². The number of hydrogen-bond acceptors (Lipinski definition) is 3. The maximum absolute atomic E-state index is 9.68. The molecule has 0 amide bonds. The molecule has 0 radical (unpaired) electrons. The second kappa shape index (κ2) is 8.08. The van der Waals surface area contributed by atoms with Gasteiger partial charge < -0.3 is 10.4 Å². The van der Waals surface area contributed by atoms with Crippen molar-refractivity contribution in [3.63, 3.8) is 0 Å². The summed E-state index contributed by atoms with van der Waals surface area (Å²) in [6.07, 6.45) is 4.03. The Morgan fingerprint density at radius 2 is 1.90 bits per heavy atom. The minimum Gasteiger partial charge on any atom is -0.508 e. The van der Waals surface area contributed by atoms with E-state index in [-0.39, 0.29) is 24.8 Å². The average Bonchev–Trinajstić information content (AvgIpc) is 3.21. The first kappa shape index (κ1) is 17.6. The number of halogens is 2. The molecule has 3 rings (SSSR count). The number of phenolic OH excluding ortho intramolecular Hbond substituents is 1. The third kappa shape index (κ3) is 4.52. The van der Waals surface area contributed by atoms with Crippen LogP contribution in [-0.4, -0.2) is 36.2 Å². The molecule has 2 N–H and O–H groups in total. The third-order valence-electron chi connectivity index (χ3n) is 4.10. The smallest absolute Gasteiger partial charge is 0.115 e. The molecule has 0 unspecified atom stereocenters. The summed E-state index contributed by atoms with van der Waals surface area (Å²) in [5, 5.41) is 13.1. The second-order valence-electron chi connectivity index (χ2n) is 5.58. The average molecular weight is 319 g/mol. The highest BCUT2D eigenvalue weighted by Crippen LogP contribution is 2.40. The first-order valence-corrected chi connectivity index (χ1v) is 7.06. The van der Waals surface area contributed by atoms with Gasteiger partial charge in [0.2, 0.25) is 0 Å². The summed E-state index contributed by atoms with van der Waals surface area (Å²) in [6.45, 7) is 4.40. The summed E-state index contributed by atoms with van der Waals surface area (Å²) in [7, 11) is 0. The van der Waals surface area contributed by atoms with E-state index < -0.39 is 0 Å². The van der Waals surface area contributed by atoms with Crippen molar-refractivity contribution in [1.29, 1.82) is 0 Å². The number of rotatable bonds is 4. The summed E-state index contributed by atoms with van der Waals surface area (Å²) >= 11 is 0. The van der Waals surface area contributed by atoms with Gasteiger partial charge in [-0.2, -0.15) is 0 Å². The van der Waals surface area contributed by atoms with E-state index in [0.29, 0.717) is 11.8 Å². The van der Waals surface area contributed by atoms with Crippen LogP contribution in [0.15, 0.2) is 24.3 Å². The van der Waals surface area contributed by atoms with Crippen molar-refractivity contribution in [1.82, 2.24) is 10.2 Å². The predicted molar refractivity (Wildman–Crippen MR) is 87.1 cm³/mol. The van der Waals surface area contributed by atoms with E-state index in [2.05, 4.69) is 16.3 Å². The molecule has 1 aliphatic carbocycles. The molecule has 3 nitrogen and oxygen atoms in total. The normalized spacial score (nSPS) is 20.6. The van der Waals surface area contributed by atoms with Crippen LogP contribution in [0.5, 0.6) is 5.75 Å². The standard InChI is InChI=1S/C15H22N2O.2ClH/c18-14-3-1-2-13(11-14)15(10-12-4-5-12)17-8-6-16-7-9-17;;/h1-3,11-12,15-16,18H,4-10H2;2*1H/t15-;;/m1../s1. The van der Waals surface area contributed by atoms with E-state index >= 15 is 0 Å². The quantitative estimate of drug-likeness (QED) is 0.896. The molecular weight excluding hydrogens is 295 g/mol. The molecule has 20 heavy (non-hydrogen) atoms. The lowest BCUT2D eigenvalue weighted by atomic mass is 9.98. The van der Waals surface area contributed by atoms with Crippen molar-refractivity contribution in [2.24, 2.45) is 5.92 Å². The van der Waals surface area contributed by atoms with Crippen LogP contribution in [0, 0.1) is 5.92 Å². The molecular formula is C15H24Cl2N2O. The summed E-state index contributed by atoms with van der Waals surface area (Å²) in [6, 6.07) is 8.32. The zero-order valence-corrected chi connectivity index (χ0v) is 13.3. The van der Waals surface area contributed by atoms with Crippen LogP contribution in [0.25, 0.3) is 0 Å². The summed E-state index contributed by atoms with van der Waals surface area (Å²) in [5.74, 6) is 1.30. The van der Waals surface area contributed by atoms with Crippen molar-refractivity contribution in [3.8, 4) is 5.75 Å². The van der Waals surface area contributed by atoms with Crippen LogP contribution in [0.4, 0.5) is 0 Å². The molecule has 0 bridgehead atoms. The lowest BCUT2D eigenvalue weighted by Crippen LogP contribution is -2.45. The topological polar surface area (TPSA) is 35.5 Å². The molecule has 1 aromatic carbocycles. The fourth-order valence-electron chi connectivity index (χ4n) is 2.89. The Kier molecular flexibility index (Phi) is 7.10. The first-order valence-electron chi connectivity index (χ1n) is 7.06. The first-order chi connectivity index (χ1) is 8.83.